The maximum atomic E-state index is 11.7. The molecule has 2 aromatic rings. The van der Waals surface area contributed by atoms with Gasteiger partial charge in [0.25, 0.3) is 0 Å². The second kappa shape index (κ2) is 6.70. The second-order valence-electron chi connectivity index (χ2n) is 4.26. The molecular formula is C15H19NO3S. The van der Waals surface area contributed by atoms with Crippen LogP contribution in [0.1, 0.15) is 19.5 Å². The zero-order valence-electron chi connectivity index (χ0n) is 12.0. The van der Waals surface area contributed by atoms with Crippen LogP contribution in [0.2, 0.25) is 0 Å². The summed E-state index contributed by atoms with van der Waals surface area (Å²) in [7, 11) is 1.65. The van der Waals surface area contributed by atoms with Gasteiger partial charge in [-0.1, -0.05) is 6.92 Å². The molecule has 108 valence electrons. The summed E-state index contributed by atoms with van der Waals surface area (Å²) in [6.07, 6.45) is 0.271. The van der Waals surface area contributed by atoms with Crippen LogP contribution in [0.15, 0.2) is 23.1 Å². The Bertz CT molecular complexity index is 606. The number of carbonyl (C=O) groups excluding carboxylic acids is 1. The van der Waals surface area contributed by atoms with Crippen molar-refractivity contribution in [1.29, 1.82) is 0 Å². The molecule has 4 nitrogen and oxygen atoms in total. The molecule has 0 aliphatic carbocycles. The van der Waals surface area contributed by atoms with Crippen molar-refractivity contribution in [3.63, 3.8) is 0 Å². The van der Waals surface area contributed by atoms with Crippen molar-refractivity contribution in [3.8, 4) is 5.75 Å². The van der Waals surface area contributed by atoms with Crippen molar-refractivity contribution in [2.45, 2.75) is 25.2 Å². The number of aromatic nitrogens is 1. The number of benzene rings is 1. The van der Waals surface area contributed by atoms with Crippen LogP contribution in [-0.4, -0.2) is 30.4 Å². The van der Waals surface area contributed by atoms with E-state index in [1.54, 1.807) is 18.9 Å². The Morgan fingerprint density at radius 1 is 1.35 bits per heavy atom. The number of thioether (sulfide) groups is 1. The average molecular weight is 293 g/mol. The molecule has 1 aromatic carbocycles. The fourth-order valence-corrected chi connectivity index (χ4v) is 3.03. The largest absolute Gasteiger partial charge is 0.497 e. The van der Waals surface area contributed by atoms with Crippen LogP contribution in [0.4, 0.5) is 0 Å². The van der Waals surface area contributed by atoms with Gasteiger partial charge in [-0.25, -0.2) is 0 Å². The van der Waals surface area contributed by atoms with E-state index in [4.69, 9.17) is 9.47 Å². The van der Waals surface area contributed by atoms with Gasteiger partial charge < -0.3 is 14.5 Å². The highest BCUT2D eigenvalue weighted by atomic mass is 32.2. The van der Waals surface area contributed by atoms with Gasteiger partial charge in [0.05, 0.1) is 20.1 Å². The van der Waals surface area contributed by atoms with E-state index in [2.05, 4.69) is 11.9 Å². The lowest BCUT2D eigenvalue weighted by molar-refractivity contribution is -0.142. The van der Waals surface area contributed by atoms with Gasteiger partial charge in [0, 0.05) is 21.5 Å². The van der Waals surface area contributed by atoms with E-state index in [1.165, 1.54) is 0 Å². The van der Waals surface area contributed by atoms with Crippen molar-refractivity contribution in [2.75, 3.05) is 19.5 Å². The van der Waals surface area contributed by atoms with Gasteiger partial charge >= 0.3 is 5.97 Å². The second-order valence-corrected chi connectivity index (χ2v) is 5.53. The van der Waals surface area contributed by atoms with Crippen molar-refractivity contribution < 1.29 is 14.3 Å². The average Bonchev–Trinajstić information content (AvgIpc) is 2.76. The first kappa shape index (κ1) is 14.8. The fourth-order valence-electron chi connectivity index (χ4n) is 2.12. The number of aromatic amines is 1. The summed E-state index contributed by atoms with van der Waals surface area (Å²) in [4.78, 5) is 16.1. The topological polar surface area (TPSA) is 51.3 Å². The number of fused-ring (bicyclic) bond motifs is 1. The molecule has 1 aromatic heterocycles. The van der Waals surface area contributed by atoms with E-state index in [9.17, 15) is 4.79 Å². The van der Waals surface area contributed by atoms with Crippen LogP contribution in [0, 0.1) is 0 Å². The van der Waals surface area contributed by atoms with Crippen molar-refractivity contribution in [3.05, 3.63) is 23.9 Å². The zero-order chi connectivity index (χ0) is 14.5. The van der Waals surface area contributed by atoms with Crippen molar-refractivity contribution >= 4 is 28.6 Å². The summed E-state index contributed by atoms with van der Waals surface area (Å²) in [5.74, 6) is 1.56. The van der Waals surface area contributed by atoms with E-state index < -0.39 is 0 Å². The first-order chi connectivity index (χ1) is 9.69. The number of rotatable bonds is 6. The molecule has 0 unspecified atom stereocenters. The Morgan fingerprint density at radius 2 is 2.15 bits per heavy atom. The number of esters is 1. The molecule has 0 aliphatic rings. The molecule has 0 atom stereocenters. The monoisotopic (exact) mass is 293 g/mol. The molecule has 0 spiro atoms. The van der Waals surface area contributed by atoms with Crippen molar-refractivity contribution in [2.24, 2.45) is 0 Å². The molecule has 2 rings (SSSR count). The number of carbonyl (C=O) groups is 1. The number of ether oxygens (including phenoxy) is 2. The Morgan fingerprint density at radius 3 is 2.80 bits per heavy atom. The lowest BCUT2D eigenvalue weighted by Crippen LogP contribution is -2.08. The van der Waals surface area contributed by atoms with E-state index in [0.717, 1.165) is 33.0 Å². The predicted octanol–water partition coefficient (Wildman–Crippen LogP) is 3.39. The molecule has 0 saturated carbocycles. The van der Waals surface area contributed by atoms with E-state index in [-0.39, 0.29) is 12.4 Å². The highest BCUT2D eigenvalue weighted by Gasteiger charge is 2.15. The summed E-state index contributed by atoms with van der Waals surface area (Å²) >= 11 is 1.72. The summed E-state index contributed by atoms with van der Waals surface area (Å²) in [6, 6.07) is 5.88. The van der Waals surface area contributed by atoms with Crippen LogP contribution in [0.25, 0.3) is 10.9 Å². The van der Waals surface area contributed by atoms with Crippen LogP contribution in [-0.2, 0) is 16.0 Å². The highest BCUT2D eigenvalue weighted by Crippen LogP contribution is 2.34. The molecule has 0 radical (unpaired) electrons. The zero-order valence-corrected chi connectivity index (χ0v) is 12.8. The number of methoxy groups -OCH3 is 1. The molecule has 1 heterocycles. The number of nitrogens with one attached hydrogen (secondary N) is 1. The Labute approximate surface area is 122 Å². The Kier molecular flexibility index (Phi) is 4.95. The van der Waals surface area contributed by atoms with Crippen LogP contribution in [0.5, 0.6) is 5.75 Å². The quantitative estimate of drug-likeness (QED) is 0.655. The standard InChI is InChI=1S/C15H19NO3S/c1-4-19-14(17)9-13-15(20-5-2)11-8-10(18-3)6-7-12(11)16-13/h6-8,16H,4-5,9H2,1-3H3. The van der Waals surface area contributed by atoms with E-state index in [0.29, 0.717) is 6.61 Å². The van der Waals surface area contributed by atoms with Gasteiger partial charge in [-0.3, -0.25) is 4.79 Å². The summed E-state index contributed by atoms with van der Waals surface area (Å²) in [6.45, 7) is 4.32. The lowest BCUT2D eigenvalue weighted by atomic mass is 10.2. The SMILES string of the molecule is CCOC(=O)Cc1[nH]c2ccc(OC)cc2c1SCC. The molecule has 0 aliphatic heterocycles. The molecule has 20 heavy (non-hydrogen) atoms. The summed E-state index contributed by atoms with van der Waals surface area (Å²) in [5.41, 5.74) is 1.93. The van der Waals surface area contributed by atoms with Gasteiger partial charge in [-0.15, -0.1) is 11.8 Å². The molecule has 5 heteroatoms. The Balaban J connectivity index is 2.42. The molecule has 0 amide bonds. The molecule has 0 saturated heterocycles. The minimum atomic E-state index is -0.205. The first-order valence-corrected chi connectivity index (χ1v) is 7.65. The summed E-state index contributed by atoms with van der Waals surface area (Å²) < 4.78 is 10.3. The number of hydrogen-bond donors (Lipinski definition) is 1. The third-order valence-corrected chi connectivity index (χ3v) is 3.99. The molecule has 0 fully saturated rings. The third kappa shape index (κ3) is 3.10. The molecule has 1 N–H and O–H groups in total. The lowest BCUT2D eigenvalue weighted by Gasteiger charge is -2.04. The third-order valence-electron chi connectivity index (χ3n) is 2.95. The maximum Gasteiger partial charge on any atom is 0.311 e. The minimum Gasteiger partial charge on any atom is -0.497 e. The number of hydrogen-bond acceptors (Lipinski definition) is 4. The molecular weight excluding hydrogens is 274 g/mol. The normalized spacial score (nSPS) is 10.8. The Hall–Kier alpha value is -1.62. The van der Waals surface area contributed by atoms with Crippen LogP contribution < -0.4 is 4.74 Å². The molecule has 0 bridgehead atoms. The maximum absolute atomic E-state index is 11.7. The van der Waals surface area contributed by atoms with Gasteiger partial charge in [0.1, 0.15) is 5.75 Å². The fraction of sp³-hybridized carbons (Fsp3) is 0.400. The smallest absolute Gasteiger partial charge is 0.311 e. The number of H-pyrrole nitrogens is 1. The van der Waals surface area contributed by atoms with Crippen molar-refractivity contribution in [1.82, 2.24) is 4.98 Å². The van der Waals surface area contributed by atoms with Gasteiger partial charge in [0.2, 0.25) is 0 Å². The minimum absolute atomic E-state index is 0.205. The van der Waals surface area contributed by atoms with Gasteiger partial charge in [-0.05, 0) is 30.9 Å². The summed E-state index contributed by atoms with van der Waals surface area (Å²) in [5, 5.41) is 1.09. The van der Waals surface area contributed by atoms with Crippen LogP contribution >= 0.6 is 11.8 Å². The predicted molar refractivity (Wildman–Crippen MR) is 81.6 cm³/mol. The van der Waals surface area contributed by atoms with E-state index in [1.807, 2.05) is 25.1 Å². The van der Waals surface area contributed by atoms with Gasteiger partial charge in [-0.2, -0.15) is 0 Å². The van der Waals surface area contributed by atoms with Gasteiger partial charge in [0.15, 0.2) is 0 Å². The highest BCUT2D eigenvalue weighted by molar-refractivity contribution is 7.99. The van der Waals surface area contributed by atoms with Crippen LogP contribution in [0.3, 0.4) is 0 Å². The first-order valence-electron chi connectivity index (χ1n) is 6.66. The van der Waals surface area contributed by atoms with E-state index >= 15 is 0 Å².